The molecule has 1 aliphatic rings. The molecule has 0 spiro atoms. The molecule has 0 unspecified atom stereocenters. The highest BCUT2D eigenvalue weighted by Crippen LogP contribution is 2.23. The highest BCUT2D eigenvalue weighted by Gasteiger charge is 2.19. The summed E-state index contributed by atoms with van der Waals surface area (Å²) in [6.45, 7) is 1.39. The standard InChI is InChI=1S/C25H21N3O/c29-25(27-16-14-20(15-17-27)19-6-2-1-3-7-19)21-10-12-22(13-11-21)28-18-26-23-8-4-5-9-24(23)28/h1-14,18H,15-17H2. The number of carbonyl (C=O) groups excluding carboxylic acids is 1. The summed E-state index contributed by atoms with van der Waals surface area (Å²) in [4.78, 5) is 19.3. The van der Waals surface area contributed by atoms with E-state index >= 15 is 0 Å². The molecule has 0 N–H and O–H groups in total. The van der Waals surface area contributed by atoms with Crippen LogP contribution in [-0.4, -0.2) is 33.4 Å². The van der Waals surface area contributed by atoms with E-state index in [2.05, 4.69) is 35.3 Å². The van der Waals surface area contributed by atoms with Crippen LogP contribution in [0.1, 0.15) is 22.3 Å². The summed E-state index contributed by atoms with van der Waals surface area (Å²) >= 11 is 0. The minimum absolute atomic E-state index is 0.0791. The van der Waals surface area contributed by atoms with Gasteiger partial charge in [0.25, 0.3) is 5.91 Å². The van der Waals surface area contributed by atoms with Gasteiger partial charge in [-0.25, -0.2) is 4.98 Å². The molecular formula is C25H21N3O. The van der Waals surface area contributed by atoms with Crippen molar-refractivity contribution in [3.8, 4) is 5.69 Å². The van der Waals surface area contributed by atoms with E-state index in [1.807, 2.05) is 70.4 Å². The van der Waals surface area contributed by atoms with Gasteiger partial charge in [-0.15, -0.1) is 0 Å². The highest BCUT2D eigenvalue weighted by atomic mass is 16.2. The van der Waals surface area contributed by atoms with Crippen LogP contribution in [0.5, 0.6) is 0 Å². The van der Waals surface area contributed by atoms with Crippen LogP contribution in [0.15, 0.2) is 91.3 Å². The second-order valence-corrected chi connectivity index (χ2v) is 7.25. The molecule has 0 fully saturated rings. The van der Waals surface area contributed by atoms with Crippen LogP contribution in [0.2, 0.25) is 0 Å². The number of aromatic nitrogens is 2. The summed E-state index contributed by atoms with van der Waals surface area (Å²) in [5.74, 6) is 0.0791. The number of fused-ring (bicyclic) bond motifs is 1. The fourth-order valence-corrected chi connectivity index (χ4v) is 3.88. The van der Waals surface area contributed by atoms with Gasteiger partial charge in [0, 0.05) is 24.3 Å². The third kappa shape index (κ3) is 3.34. The first-order valence-electron chi connectivity index (χ1n) is 9.86. The number of amides is 1. The van der Waals surface area contributed by atoms with E-state index in [1.54, 1.807) is 0 Å². The fourth-order valence-electron chi connectivity index (χ4n) is 3.88. The van der Waals surface area contributed by atoms with Crippen LogP contribution in [0.3, 0.4) is 0 Å². The van der Waals surface area contributed by atoms with E-state index in [9.17, 15) is 4.79 Å². The van der Waals surface area contributed by atoms with Gasteiger partial charge in [-0.3, -0.25) is 9.36 Å². The fraction of sp³-hybridized carbons (Fsp3) is 0.120. The minimum atomic E-state index is 0.0791. The van der Waals surface area contributed by atoms with E-state index < -0.39 is 0 Å². The minimum Gasteiger partial charge on any atom is -0.335 e. The Morgan fingerprint density at radius 3 is 2.38 bits per heavy atom. The van der Waals surface area contributed by atoms with Gasteiger partial charge in [-0.1, -0.05) is 48.5 Å². The maximum absolute atomic E-state index is 12.9. The molecule has 3 aromatic carbocycles. The van der Waals surface area contributed by atoms with Crippen molar-refractivity contribution in [3.05, 3.63) is 102 Å². The van der Waals surface area contributed by atoms with E-state index in [0.29, 0.717) is 6.54 Å². The second-order valence-electron chi connectivity index (χ2n) is 7.25. The van der Waals surface area contributed by atoms with Crippen LogP contribution in [0, 0.1) is 0 Å². The van der Waals surface area contributed by atoms with Crippen molar-refractivity contribution in [1.29, 1.82) is 0 Å². The highest BCUT2D eigenvalue weighted by molar-refractivity contribution is 5.95. The average molecular weight is 379 g/mol. The lowest BCUT2D eigenvalue weighted by Crippen LogP contribution is -2.34. The molecule has 4 nitrogen and oxygen atoms in total. The number of benzene rings is 3. The van der Waals surface area contributed by atoms with E-state index in [-0.39, 0.29) is 5.91 Å². The molecule has 4 aromatic rings. The zero-order valence-electron chi connectivity index (χ0n) is 16.0. The van der Waals surface area contributed by atoms with Crippen molar-refractivity contribution in [2.24, 2.45) is 0 Å². The summed E-state index contributed by atoms with van der Waals surface area (Å²) < 4.78 is 2.04. The van der Waals surface area contributed by atoms with Gasteiger partial charge in [-0.05, 0) is 54.0 Å². The molecular weight excluding hydrogens is 358 g/mol. The first-order valence-corrected chi connectivity index (χ1v) is 9.86. The van der Waals surface area contributed by atoms with E-state index in [4.69, 9.17) is 0 Å². The Hall–Kier alpha value is -3.66. The number of para-hydroxylation sites is 2. The molecule has 2 heterocycles. The van der Waals surface area contributed by atoms with Crippen molar-refractivity contribution in [2.45, 2.75) is 6.42 Å². The molecule has 1 amide bonds. The van der Waals surface area contributed by atoms with Crippen molar-refractivity contribution < 1.29 is 4.79 Å². The van der Waals surface area contributed by atoms with Crippen molar-refractivity contribution in [2.75, 3.05) is 13.1 Å². The summed E-state index contributed by atoms with van der Waals surface area (Å²) in [6, 6.07) is 26.2. The summed E-state index contributed by atoms with van der Waals surface area (Å²) in [6.07, 6.45) is 4.87. The number of hydrogen-bond acceptors (Lipinski definition) is 2. The molecule has 1 aromatic heterocycles. The van der Waals surface area contributed by atoms with E-state index in [0.717, 1.165) is 35.2 Å². The molecule has 0 atom stereocenters. The van der Waals surface area contributed by atoms with Crippen molar-refractivity contribution in [3.63, 3.8) is 0 Å². The lowest BCUT2D eigenvalue weighted by atomic mass is 9.99. The normalized spacial score (nSPS) is 14.1. The molecule has 142 valence electrons. The van der Waals surface area contributed by atoms with Gasteiger partial charge in [0.15, 0.2) is 0 Å². The van der Waals surface area contributed by atoms with Gasteiger partial charge in [-0.2, -0.15) is 0 Å². The Morgan fingerprint density at radius 1 is 0.862 bits per heavy atom. The summed E-state index contributed by atoms with van der Waals surface area (Å²) in [5.41, 5.74) is 6.30. The third-order valence-electron chi connectivity index (χ3n) is 5.49. The number of imidazole rings is 1. The Kier molecular flexibility index (Phi) is 4.45. The number of rotatable bonds is 3. The van der Waals surface area contributed by atoms with E-state index in [1.165, 1.54) is 11.1 Å². The zero-order chi connectivity index (χ0) is 19.6. The Labute approximate surface area is 169 Å². The maximum atomic E-state index is 12.9. The van der Waals surface area contributed by atoms with Crippen LogP contribution in [-0.2, 0) is 0 Å². The summed E-state index contributed by atoms with van der Waals surface area (Å²) in [7, 11) is 0. The molecule has 5 rings (SSSR count). The van der Waals surface area contributed by atoms with Crippen LogP contribution < -0.4 is 0 Å². The third-order valence-corrected chi connectivity index (χ3v) is 5.49. The lowest BCUT2D eigenvalue weighted by molar-refractivity contribution is 0.0773. The lowest BCUT2D eigenvalue weighted by Gasteiger charge is -2.27. The predicted octanol–water partition coefficient (Wildman–Crippen LogP) is 4.96. The Morgan fingerprint density at radius 2 is 1.62 bits per heavy atom. The van der Waals surface area contributed by atoms with Crippen molar-refractivity contribution in [1.82, 2.24) is 14.5 Å². The predicted molar refractivity (Wildman–Crippen MR) is 116 cm³/mol. The Bertz CT molecular complexity index is 1190. The van der Waals surface area contributed by atoms with Gasteiger partial charge >= 0.3 is 0 Å². The second kappa shape index (κ2) is 7.40. The first-order chi connectivity index (χ1) is 14.3. The molecule has 0 bridgehead atoms. The van der Waals surface area contributed by atoms with Crippen LogP contribution in [0.4, 0.5) is 0 Å². The number of carbonyl (C=O) groups is 1. The molecule has 0 saturated heterocycles. The monoisotopic (exact) mass is 379 g/mol. The quantitative estimate of drug-likeness (QED) is 0.505. The van der Waals surface area contributed by atoms with Gasteiger partial charge < -0.3 is 4.90 Å². The largest absolute Gasteiger partial charge is 0.335 e. The van der Waals surface area contributed by atoms with Crippen molar-refractivity contribution >= 4 is 22.5 Å². The first kappa shape index (κ1) is 17.4. The zero-order valence-corrected chi connectivity index (χ0v) is 16.0. The van der Waals surface area contributed by atoms with Crippen LogP contribution in [0.25, 0.3) is 22.3 Å². The maximum Gasteiger partial charge on any atom is 0.254 e. The van der Waals surface area contributed by atoms with Gasteiger partial charge in [0.2, 0.25) is 0 Å². The van der Waals surface area contributed by atoms with Gasteiger partial charge in [0.05, 0.1) is 11.0 Å². The summed E-state index contributed by atoms with van der Waals surface area (Å²) in [5, 5.41) is 0. The molecule has 0 radical (unpaired) electrons. The van der Waals surface area contributed by atoms with Gasteiger partial charge in [0.1, 0.15) is 6.33 Å². The van der Waals surface area contributed by atoms with Crippen LogP contribution >= 0.6 is 0 Å². The molecule has 1 aliphatic heterocycles. The molecule has 0 aliphatic carbocycles. The average Bonchev–Trinajstić information content (AvgIpc) is 3.24. The molecule has 29 heavy (non-hydrogen) atoms. The molecule has 4 heteroatoms. The topological polar surface area (TPSA) is 38.1 Å². The number of nitrogens with zero attached hydrogens (tertiary/aromatic N) is 3. The molecule has 0 saturated carbocycles. The Balaban J connectivity index is 1.33. The smallest absolute Gasteiger partial charge is 0.254 e. The SMILES string of the molecule is O=C(c1ccc(-n2cnc3ccccc32)cc1)N1CC=C(c2ccccc2)CC1. The number of hydrogen-bond donors (Lipinski definition) is 0.